The summed E-state index contributed by atoms with van der Waals surface area (Å²) in [6, 6.07) is 6.35. The van der Waals surface area contributed by atoms with Gasteiger partial charge in [-0.15, -0.1) is 0 Å². The lowest BCUT2D eigenvalue weighted by atomic mass is 9.63. The zero-order valence-electron chi connectivity index (χ0n) is 24.5. The molecule has 4 atom stereocenters. The molecular formula is C33H52O7. The molecule has 7 heteroatoms. The number of carboxylic acid groups (broad SMARTS) is 1. The van der Waals surface area contributed by atoms with Gasteiger partial charge in [0.2, 0.25) is 0 Å². The Morgan fingerprint density at radius 2 is 1.40 bits per heavy atom. The van der Waals surface area contributed by atoms with E-state index < -0.39 is 0 Å². The Balaban J connectivity index is 0.00000150. The summed E-state index contributed by atoms with van der Waals surface area (Å²) < 4.78 is 12.1. The minimum absolute atomic E-state index is 0.00338. The van der Waals surface area contributed by atoms with Crippen LogP contribution in [0.3, 0.4) is 0 Å². The van der Waals surface area contributed by atoms with E-state index in [0.29, 0.717) is 32.0 Å². The molecule has 1 aromatic carbocycles. The van der Waals surface area contributed by atoms with Crippen LogP contribution in [0.15, 0.2) is 42.5 Å². The number of aliphatic hydroxyl groups excluding tert-OH is 2. The van der Waals surface area contributed by atoms with Gasteiger partial charge in [-0.1, -0.05) is 52.2 Å². The van der Waals surface area contributed by atoms with E-state index in [4.69, 9.17) is 24.2 Å². The van der Waals surface area contributed by atoms with Gasteiger partial charge in [-0.25, -0.2) is 0 Å². The molecule has 0 aromatic heterocycles. The molecule has 0 spiro atoms. The number of carbonyl (C=O) groups excluding carboxylic acids is 1. The second kappa shape index (κ2) is 21.2. The van der Waals surface area contributed by atoms with E-state index in [1.165, 1.54) is 69.8 Å². The minimum Gasteiger partial charge on any atom is -0.493 e. The van der Waals surface area contributed by atoms with Crippen molar-refractivity contribution in [3.05, 3.63) is 48.1 Å². The van der Waals surface area contributed by atoms with E-state index in [9.17, 15) is 10.2 Å². The average Bonchev–Trinajstić information content (AvgIpc) is 2.98. The van der Waals surface area contributed by atoms with Crippen molar-refractivity contribution in [2.24, 2.45) is 17.8 Å². The van der Waals surface area contributed by atoms with Crippen LogP contribution in [0.1, 0.15) is 95.5 Å². The van der Waals surface area contributed by atoms with E-state index in [0.717, 1.165) is 40.4 Å². The van der Waals surface area contributed by atoms with Crippen LogP contribution in [0.5, 0.6) is 11.5 Å². The van der Waals surface area contributed by atoms with E-state index in [-0.39, 0.29) is 19.7 Å². The summed E-state index contributed by atoms with van der Waals surface area (Å²) in [6.07, 6.45) is 14.9. The fourth-order valence-electron chi connectivity index (χ4n) is 6.01. The summed E-state index contributed by atoms with van der Waals surface area (Å²) in [5.74, 6) is 4.93. The molecule has 2 fully saturated rings. The van der Waals surface area contributed by atoms with Crippen LogP contribution in [0.2, 0.25) is 0 Å². The highest BCUT2D eigenvalue weighted by molar-refractivity contribution is 5.40. The molecule has 3 N–H and O–H groups in total. The van der Waals surface area contributed by atoms with Crippen LogP contribution in [-0.4, -0.2) is 55.0 Å². The molecule has 0 amide bonds. The van der Waals surface area contributed by atoms with Gasteiger partial charge >= 0.3 is 0 Å². The summed E-state index contributed by atoms with van der Waals surface area (Å²) >= 11 is 0. The molecule has 0 aliphatic heterocycles. The monoisotopic (exact) mass is 560 g/mol. The number of ether oxygens (including phenoxy) is 2. The van der Waals surface area contributed by atoms with Gasteiger partial charge in [0.15, 0.2) is 0 Å². The van der Waals surface area contributed by atoms with Crippen LogP contribution in [-0.2, 0) is 9.59 Å². The van der Waals surface area contributed by atoms with Crippen molar-refractivity contribution in [3.8, 4) is 11.5 Å². The summed E-state index contributed by atoms with van der Waals surface area (Å²) in [4.78, 5) is 16.4. The van der Waals surface area contributed by atoms with Crippen molar-refractivity contribution < 1.29 is 34.4 Å². The molecule has 7 nitrogen and oxygen atoms in total. The molecule has 226 valence electrons. The Morgan fingerprint density at radius 1 is 0.875 bits per heavy atom. The highest BCUT2D eigenvalue weighted by Gasteiger charge is 2.36. The first-order chi connectivity index (χ1) is 19.4. The van der Waals surface area contributed by atoms with Gasteiger partial charge in [0, 0.05) is 18.9 Å². The lowest BCUT2D eigenvalue weighted by Crippen LogP contribution is -2.30. The van der Waals surface area contributed by atoms with Crippen LogP contribution in [0.25, 0.3) is 0 Å². The van der Waals surface area contributed by atoms with Crippen molar-refractivity contribution in [1.29, 1.82) is 0 Å². The first-order valence-electron chi connectivity index (χ1n) is 14.8. The van der Waals surface area contributed by atoms with Crippen molar-refractivity contribution >= 4 is 13.3 Å². The van der Waals surface area contributed by atoms with Crippen molar-refractivity contribution in [3.63, 3.8) is 0 Å². The van der Waals surface area contributed by atoms with E-state index >= 15 is 0 Å². The number of hydrogen-bond acceptors (Lipinski definition) is 6. The zero-order chi connectivity index (χ0) is 29.8. The van der Waals surface area contributed by atoms with Crippen LogP contribution in [0.4, 0.5) is 0 Å². The highest BCUT2D eigenvalue weighted by Crippen LogP contribution is 2.49. The quantitative estimate of drug-likeness (QED) is 0.124. The second-order valence-electron chi connectivity index (χ2n) is 11.1. The zero-order valence-corrected chi connectivity index (χ0v) is 24.5. The van der Waals surface area contributed by atoms with Gasteiger partial charge in [0.25, 0.3) is 6.47 Å². The molecule has 2 aliphatic rings. The molecule has 3 rings (SSSR count). The number of carbonyl (C=O) groups is 2. The molecule has 4 unspecified atom stereocenters. The third-order valence-corrected chi connectivity index (χ3v) is 8.21. The fourth-order valence-corrected chi connectivity index (χ4v) is 6.01. The van der Waals surface area contributed by atoms with Crippen LogP contribution >= 0.6 is 0 Å². The van der Waals surface area contributed by atoms with Crippen molar-refractivity contribution in [2.45, 2.75) is 89.9 Å². The minimum atomic E-state index is -0.250. The first kappa shape index (κ1) is 35.4. The Kier molecular flexibility index (Phi) is 18.7. The molecule has 2 aliphatic carbocycles. The second-order valence-corrected chi connectivity index (χ2v) is 11.1. The normalized spacial score (nSPS) is 21.4. The Bertz CT molecular complexity index is 828. The molecule has 2 saturated carbocycles. The van der Waals surface area contributed by atoms with Gasteiger partial charge in [-0.2, -0.15) is 0 Å². The lowest BCUT2D eigenvalue weighted by Gasteiger charge is -2.42. The topological polar surface area (TPSA) is 113 Å². The number of unbranched alkanes of at least 4 members (excludes halogenated alkanes) is 2. The van der Waals surface area contributed by atoms with E-state index in [2.05, 4.69) is 32.2 Å². The first-order valence-corrected chi connectivity index (χ1v) is 14.8. The summed E-state index contributed by atoms with van der Waals surface area (Å²) in [5, 5.41) is 25.3. The smallest absolute Gasteiger partial charge is 0.290 e. The number of fused-ring (bicyclic) bond motifs is 1. The number of rotatable bonds is 15. The Hall–Kier alpha value is -2.64. The maximum Gasteiger partial charge on any atom is 0.290 e. The highest BCUT2D eigenvalue weighted by atomic mass is 16.5. The SMILES string of the molecule is C=C(CO)CCOc1cc(OCCC(=C)CO)cc(C2CCC3CC(CCCCC)CCC3C2)c1.C=O.O=CO. The van der Waals surface area contributed by atoms with Gasteiger partial charge in [0.1, 0.15) is 18.3 Å². The lowest BCUT2D eigenvalue weighted by molar-refractivity contribution is -0.122. The molecular weight excluding hydrogens is 508 g/mol. The van der Waals surface area contributed by atoms with Gasteiger partial charge < -0.3 is 29.6 Å². The summed E-state index contributed by atoms with van der Waals surface area (Å²) in [7, 11) is 0. The summed E-state index contributed by atoms with van der Waals surface area (Å²) in [6.45, 7) is 12.8. The van der Waals surface area contributed by atoms with Gasteiger partial charge in [-0.05, 0) is 84.6 Å². The Labute approximate surface area is 241 Å². The molecule has 0 bridgehead atoms. The standard InChI is InChI=1S/C31H48O4.CH2O2.CH2O/c1-4-5-6-7-25-8-9-27-17-28(11-10-26(27)16-25)29-18-30(34-14-12-23(2)21-32)20-31(19-29)35-15-13-24(3)22-33;2-1-3;1-2/h18-20,25-28,32-33H,2-17,21-22H2,1H3;1H,(H,2,3);1H2. The van der Waals surface area contributed by atoms with Gasteiger partial charge in [-0.3, -0.25) is 4.79 Å². The van der Waals surface area contributed by atoms with E-state index in [1.807, 2.05) is 12.9 Å². The average molecular weight is 561 g/mol. The molecule has 40 heavy (non-hydrogen) atoms. The van der Waals surface area contributed by atoms with E-state index in [1.54, 1.807) is 0 Å². The van der Waals surface area contributed by atoms with Crippen LogP contribution in [0, 0.1) is 17.8 Å². The molecule has 0 heterocycles. The predicted octanol–water partition coefficient (Wildman–Crippen LogP) is 6.72. The number of aliphatic hydroxyl groups is 2. The maximum absolute atomic E-state index is 9.22. The maximum atomic E-state index is 9.22. The third-order valence-electron chi connectivity index (χ3n) is 8.21. The molecule has 0 radical (unpaired) electrons. The molecule has 1 aromatic rings. The number of hydrogen-bond donors (Lipinski definition) is 3. The predicted molar refractivity (Wildman–Crippen MR) is 160 cm³/mol. The molecule has 0 saturated heterocycles. The van der Waals surface area contributed by atoms with Gasteiger partial charge in [0.05, 0.1) is 26.4 Å². The van der Waals surface area contributed by atoms with Crippen LogP contribution < -0.4 is 9.47 Å². The third kappa shape index (κ3) is 13.1. The summed E-state index contributed by atoms with van der Waals surface area (Å²) in [5.41, 5.74) is 2.88. The fraction of sp³-hybridized carbons (Fsp3) is 0.636. The van der Waals surface area contributed by atoms with Crippen molar-refractivity contribution in [2.75, 3.05) is 26.4 Å². The Morgan fingerprint density at radius 3 is 1.93 bits per heavy atom. The van der Waals surface area contributed by atoms with Crippen molar-refractivity contribution in [1.82, 2.24) is 0 Å². The number of benzene rings is 1. The largest absolute Gasteiger partial charge is 0.493 e.